The second-order valence-electron chi connectivity index (χ2n) is 4.79. The second kappa shape index (κ2) is 11.2. The molecule has 0 aromatic heterocycles. The van der Waals surface area contributed by atoms with E-state index in [1.54, 1.807) is 12.1 Å². The number of aliphatic carboxylic acids is 1. The maximum absolute atomic E-state index is 11.7. The number of hydrogen-bond donors (Lipinski definition) is 3. The van der Waals surface area contributed by atoms with Gasteiger partial charge in [-0.25, -0.2) is 4.79 Å². The smallest absolute Gasteiger partial charge is 1.00 e. The Balaban J connectivity index is 0. The van der Waals surface area contributed by atoms with Crippen LogP contribution in [0.1, 0.15) is 39.6 Å². The summed E-state index contributed by atoms with van der Waals surface area (Å²) in [5.74, 6) is -1.16. The first-order chi connectivity index (χ1) is 9.52. The summed E-state index contributed by atoms with van der Waals surface area (Å²) in [6.07, 6.45) is 3.31. The maximum atomic E-state index is 11.7. The van der Waals surface area contributed by atoms with Gasteiger partial charge in [0.15, 0.2) is 0 Å². The molecule has 1 atom stereocenters. The maximum Gasteiger partial charge on any atom is 1.00 e. The molecule has 0 radical (unpaired) electrons. The Bertz CT molecular complexity index is 453. The molecule has 0 aliphatic heterocycles. The van der Waals surface area contributed by atoms with E-state index < -0.39 is 12.0 Å². The van der Waals surface area contributed by atoms with Crippen LogP contribution in [-0.4, -0.2) is 28.1 Å². The fourth-order valence-corrected chi connectivity index (χ4v) is 1.87. The molecular weight excluding hydrogens is 297 g/mol. The molecule has 1 rings (SSSR count). The summed E-state index contributed by atoms with van der Waals surface area (Å²) < 4.78 is 0. The van der Waals surface area contributed by atoms with E-state index >= 15 is 0 Å². The Morgan fingerprint density at radius 3 is 2.38 bits per heavy atom. The fraction of sp³-hybridized carbons (Fsp3) is 0.467. The molecule has 0 saturated heterocycles. The third-order valence-corrected chi connectivity index (χ3v) is 3.02. The van der Waals surface area contributed by atoms with Gasteiger partial charge in [-0.2, -0.15) is 0 Å². The first-order valence-electron chi connectivity index (χ1n) is 6.83. The van der Waals surface area contributed by atoms with Crippen molar-refractivity contribution in [2.45, 2.75) is 45.1 Å². The predicted molar refractivity (Wildman–Crippen MR) is 76.6 cm³/mol. The van der Waals surface area contributed by atoms with Gasteiger partial charge in [0, 0.05) is 12.8 Å². The summed E-state index contributed by atoms with van der Waals surface area (Å²) in [5.41, 5.74) is 0.754. The number of rotatable bonds is 8. The molecule has 0 aliphatic carbocycles. The average Bonchev–Trinajstić information content (AvgIpc) is 2.40. The SMILES string of the molecule is CCCCCC(=O)NC(Cc1ccc(O)cc1)C(=O)O.[H-].[K+]. The molecule has 5 nitrogen and oxygen atoms in total. The molecule has 1 aromatic rings. The molecule has 1 amide bonds. The zero-order valence-electron chi connectivity index (χ0n) is 13.6. The standard InChI is InChI=1S/C15H21NO4.K.H/c1-2-3-4-5-14(18)16-13(15(19)20)10-11-6-8-12(17)9-7-11;;/h6-9,13,17H,2-5,10H2,1H3,(H,16,18)(H,19,20);;/q;+1;-1. The minimum atomic E-state index is -1.05. The van der Waals surface area contributed by atoms with E-state index in [1.807, 2.05) is 6.92 Å². The zero-order chi connectivity index (χ0) is 15.0. The molecule has 0 saturated carbocycles. The summed E-state index contributed by atoms with van der Waals surface area (Å²) in [7, 11) is 0. The molecule has 0 heterocycles. The zero-order valence-corrected chi connectivity index (χ0v) is 15.8. The van der Waals surface area contributed by atoms with E-state index in [0.29, 0.717) is 6.42 Å². The number of amides is 1. The van der Waals surface area contributed by atoms with Crippen LogP contribution in [0.5, 0.6) is 5.75 Å². The van der Waals surface area contributed by atoms with Crippen LogP contribution in [0, 0.1) is 0 Å². The van der Waals surface area contributed by atoms with Gasteiger partial charge in [0.25, 0.3) is 0 Å². The first-order valence-corrected chi connectivity index (χ1v) is 6.83. The number of carboxylic acids is 1. The number of carboxylic acid groups (broad SMARTS) is 1. The number of phenols is 1. The number of carbonyl (C=O) groups is 2. The number of nitrogens with one attached hydrogen (secondary N) is 1. The van der Waals surface area contributed by atoms with Crippen LogP contribution < -0.4 is 56.7 Å². The van der Waals surface area contributed by atoms with Gasteiger partial charge < -0.3 is 17.0 Å². The van der Waals surface area contributed by atoms with Crippen LogP contribution in [-0.2, 0) is 16.0 Å². The van der Waals surface area contributed by atoms with Crippen molar-refractivity contribution in [3.63, 3.8) is 0 Å². The van der Waals surface area contributed by atoms with Crippen LogP contribution in [0.25, 0.3) is 0 Å². The van der Waals surface area contributed by atoms with Crippen molar-refractivity contribution in [2.24, 2.45) is 0 Å². The van der Waals surface area contributed by atoms with Crippen molar-refractivity contribution < 1.29 is 72.6 Å². The minimum absolute atomic E-state index is 0. The van der Waals surface area contributed by atoms with Crippen molar-refractivity contribution >= 4 is 11.9 Å². The number of unbranched alkanes of at least 4 members (excludes halogenated alkanes) is 2. The normalized spacial score (nSPS) is 11.3. The van der Waals surface area contributed by atoms with Gasteiger partial charge in [0.1, 0.15) is 11.8 Å². The minimum Gasteiger partial charge on any atom is -1.00 e. The Hall–Kier alpha value is -0.404. The Labute approximate surface area is 169 Å². The molecule has 0 aliphatic rings. The summed E-state index contributed by atoms with van der Waals surface area (Å²) in [5, 5.41) is 20.9. The monoisotopic (exact) mass is 319 g/mol. The van der Waals surface area contributed by atoms with Crippen LogP contribution in [0.2, 0.25) is 0 Å². The molecule has 21 heavy (non-hydrogen) atoms. The van der Waals surface area contributed by atoms with Crippen molar-refractivity contribution in [1.29, 1.82) is 0 Å². The second-order valence-corrected chi connectivity index (χ2v) is 4.79. The van der Waals surface area contributed by atoms with E-state index in [9.17, 15) is 14.7 Å². The topological polar surface area (TPSA) is 86.6 Å². The van der Waals surface area contributed by atoms with Crippen molar-refractivity contribution in [3.05, 3.63) is 29.8 Å². The van der Waals surface area contributed by atoms with E-state index in [1.165, 1.54) is 12.1 Å². The van der Waals surface area contributed by atoms with Crippen molar-refractivity contribution in [3.8, 4) is 5.75 Å². The number of aromatic hydroxyl groups is 1. The van der Waals surface area contributed by atoms with Crippen LogP contribution in [0.15, 0.2) is 24.3 Å². The third-order valence-electron chi connectivity index (χ3n) is 3.02. The van der Waals surface area contributed by atoms with Crippen LogP contribution in [0.3, 0.4) is 0 Å². The molecule has 112 valence electrons. The van der Waals surface area contributed by atoms with Gasteiger partial charge in [-0.15, -0.1) is 0 Å². The van der Waals surface area contributed by atoms with Gasteiger partial charge >= 0.3 is 57.4 Å². The van der Waals surface area contributed by atoms with Crippen molar-refractivity contribution in [2.75, 3.05) is 0 Å². The van der Waals surface area contributed by atoms with Crippen LogP contribution in [0.4, 0.5) is 0 Å². The summed E-state index contributed by atoms with van der Waals surface area (Å²) in [6.45, 7) is 2.04. The number of hydrogen-bond acceptors (Lipinski definition) is 3. The molecule has 0 spiro atoms. The molecule has 3 N–H and O–H groups in total. The summed E-state index contributed by atoms with van der Waals surface area (Å²) in [6, 6.07) is 5.35. The van der Waals surface area contributed by atoms with Gasteiger partial charge in [0.2, 0.25) is 5.91 Å². The fourth-order valence-electron chi connectivity index (χ4n) is 1.87. The van der Waals surface area contributed by atoms with Gasteiger partial charge in [-0.3, -0.25) is 4.79 Å². The molecule has 1 unspecified atom stereocenters. The molecule has 6 heteroatoms. The first kappa shape index (κ1) is 20.6. The average molecular weight is 319 g/mol. The largest absolute Gasteiger partial charge is 1.00 e. The number of benzene rings is 1. The summed E-state index contributed by atoms with van der Waals surface area (Å²) in [4.78, 5) is 22.8. The van der Waals surface area contributed by atoms with Gasteiger partial charge in [0.05, 0.1) is 0 Å². The Morgan fingerprint density at radius 2 is 1.86 bits per heavy atom. The molecule has 0 bridgehead atoms. The van der Waals surface area contributed by atoms with Gasteiger partial charge in [-0.05, 0) is 24.1 Å². The predicted octanol–water partition coefficient (Wildman–Crippen LogP) is -0.799. The molecular formula is C15H22KNO4. The quantitative estimate of drug-likeness (QED) is 0.432. The van der Waals surface area contributed by atoms with Crippen molar-refractivity contribution in [1.82, 2.24) is 5.32 Å². The molecule has 1 aromatic carbocycles. The van der Waals surface area contributed by atoms with E-state index in [4.69, 9.17) is 5.11 Å². The summed E-state index contributed by atoms with van der Waals surface area (Å²) >= 11 is 0. The Kier molecular flexibility index (Phi) is 11.0. The third kappa shape index (κ3) is 8.58. The Morgan fingerprint density at radius 1 is 1.24 bits per heavy atom. The van der Waals surface area contributed by atoms with Crippen LogP contribution >= 0.6 is 0 Å². The van der Waals surface area contributed by atoms with E-state index in [2.05, 4.69) is 5.32 Å². The number of phenolic OH excluding ortho intramolecular Hbond substituents is 1. The molecule has 0 fully saturated rings. The van der Waals surface area contributed by atoms with E-state index in [0.717, 1.165) is 24.8 Å². The van der Waals surface area contributed by atoms with E-state index in [-0.39, 0.29) is 70.9 Å². The van der Waals surface area contributed by atoms with Gasteiger partial charge in [-0.1, -0.05) is 31.9 Å². The number of carbonyl (C=O) groups excluding carboxylic acids is 1.